The second kappa shape index (κ2) is 1.54. The predicted octanol–water partition coefficient (Wildman–Crippen LogP) is -0.637. The predicted molar refractivity (Wildman–Crippen MR) is 31.6 cm³/mol. The van der Waals surface area contributed by atoms with Crippen molar-refractivity contribution in [3.05, 3.63) is 12.2 Å². The molecule has 0 aromatic carbocycles. The van der Waals surface area contributed by atoms with Crippen LogP contribution in [0.15, 0.2) is 11.3 Å². The third-order valence-corrected chi connectivity index (χ3v) is 1.14. The summed E-state index contributed by atoms with van der Waals surface area (Å²) in [4.78, 5) is 3.93. The van der Waals surface area contributed by atoms with E-state index in [4.69, 9.17) is 0 Å². The van der Waals surface area contributed by atoms with E-state index in [2.05, 4.69) is 20.6 Å². The molecular formula is C4H5N5. The maximum Gasteiger partial charge on any atom is 0.173 e. The van der Waals surface area contributed by atoms with Crippen LogP contribution in [-0.2, 0) is 6.54 Å². The van der Waals surface area contributed by atoms with Gasteiger partial charge in [-0.15, -0.1) is 10.2 Å². The van der Waals surface area contributed by atoms with E-state index >= 15 is 0 Å². The number of aromatic nitrogens is 3. The standard InChI is InChI=1S/C4H5N5/c1-4-8-6-3-9(4)7-2-5-1/h2-3H,1H2,(H,5,7). The maximum atomic E-state index is 3.93. The summed E-state index contributed by atoms with van der Waals surface area (Å²) >= 11 is 0. The van der Waals surface area contributed by atoms with E-state index in [0.29, 0.717) is 6.54 Å². The molecule has 0 aliphatic carbocycles. The van der Waals surface area contributed by atoms with Crippen molar-refractivity contribution in [3.63, 3.8) is 0 Å². The Morgan fingerprint density at radius 2 is 2.67 bits per heavy atom. The molecule has 0 radical (unpaired) electrons. The van der Waals surface area contributed by atoms with Crippen molar-refractivity contribution in [1.29, 1.82) is 0 Å². The molecular weight excluding hydrogens is 118 g/mol. The third kappa shape index (κ3) is 0.576. The number of aliphatic imine (C=N–C) groups is 1. The molecule has 1 aliphatic rings. The van der Waals surface area contributed by atoms with E-state index in [1.165, 1.54) is 0 Å². The minimum Gasteiger partial charge on any atom is -0.281 e. The van der Waals surface area contributed by atoms with Crippen molar-refractivity contribution < 1.29 is 0 Å². The van der Waals surface area contributed by atoms with Gasteiger partial charge in [0.05, 0.1) is 0 Å². The molecule has 5 heteroatoms. The lowest BCUT2D eigenvalue weighted by Crippen LogP contribution is -2.18. The molecule has 5 nitrogen and oxygen atoms in total. The number of rotatable bonds is 0. The van der Waals surface area contributed by atoms with E-state index < -0.39 is 0 Å². The van der Waals surface area contributed by atoms with Crippen LogP contribution in [0, 0.1) is 0 Å². The van der Waals surface area contributed by atoms with Gasteiger partial charge in [-0.1, -0.05) is 0 Å². The van der Waals surface area contributed by atoms with Crippen LogP contribution in [-0.4, -0.2) is 21.2 Å². The molecule has 1 aromatic rings. The van der Waals surface area contributed by atoms with Gasteiger partial charge in [0.25, 0.3) is 0 Å². The van der Waals surface area contributed by atoms with Crippen molar-refractivity contribution in [2.45, 2.75) is 6.54 Å². The van der Waals surface area contributed by atoms with Gasteiger partial charge in [0, 0.05) is 0 Å². The van der Waals surface area contributed by atoms with E-state index in [1.54, 1.807) is 17.3 Å². The number of nitrogens with zero attached hydrogens (tertiary/aromatic N) is 4. The number of hydrogen-bond donors (Lipinski definition) is 1. The molecule has 2 heterocycles. The molecule has 1 aromatic heterocycles. The molecule has 0 bridgehead atoms. The summed E-state index contributed by atoms with van der Waals surface area (Å²) in [7, 11) is 0. The fraction of sp³-hybridized carbons (Fsp3) is 0.250. The summed E-state index contributed by atoms with van der Waals surface area (Å²) in [5, 5.41) is 7.47. The van der Waals surface area contributed by atoms with E-state index in [-0.39, 0.29) is 0 Å². The molecule has 0 amide bonds. The van der Waals surface area contributed by atoms with Gasteiger partial charge in [-0.25, -0.2) is 4.68 Å². The van der Waals surface area contributed by atoms with Gasteiger partial charge in [0.1, 0.15) is 19.2 Å². The van der Waals surface area contributed by atoms with Crippen LogP contribution >= 0.6 is 0 Å². The topological polar surface area (TPSA) is 55.1 Å². The average Bonchev–Trinajstić information content (AvgIpc) is 2.33. The van der Waals surface area contributed by atoms with Gasteiger partial charge in [0.2, 0.25) is 0 Å². The fourth-order valence-electron chi connectivity index (χ4n) is 0.705. The van der Waals surface area contributed by atoms with Crippen LogP contribution in [0.1, 0.15) is 5.82 Å². The van der Waals surface area contributed by atoms with Crippen LogP contribution in [0.3, 0.4) is 0 Å². The summed E-state index contributed by atoms with van der Waals surface area (Å²) in [6.45, 7) is 0.618. The Hall–Kier alpha value is -1.39. The third-order valence-electron chi connectivity index (χ3n) is 1.14. The first-order valence-electron chi connectivity index (χ1n) is 2.60. The molecule has 1 aliphatic heterocycles. The zero-order chi connectivity index (χ0) is 6.10. The minimum atomic E-state index is 0.618. The lowest BCUT2D eigenvalue weighted by molar-refractivity contribution is 0.802. The molecule has 0 spiro atoms. The Bertz CT molecular complexity index is 214. The molecule has 0 fully saturated rings. The highest BCUT2D eigenvalue weighted by atomic mass is 15.5. The minimum absolute atomic E-state index is 0.618. The second-order valence-electron chi connectivity index (χ2n) is 1.72. The smallest absolute Gasteiger partial charge is 0.173 e. The van der Waals surface area contributed by atoms with Gasteiger partial charge in [0.15, 0.2) is 5.82 Å². The Morgan fingerprint density at radius 1 is 1.67 bits per heavy atom. The number of hydrogen-bond acceptors (Lipinski definition) is 4. The summed E-state index contributed by atoms with van der Waals surface area (Å²) < 4.78 is 1.73. The van der Waals surface area contributed by atoms with E-state index in [0.717, 1.165) is 5.82 Å². The van der Waals surface area contributed by atoms with Crippen molar-refractivity contribution in [1.82, 2.24) is 14.9 Å². The molecule has 0 unspecified atom stereocenters. The molecule has 0 saturated heterocycles. The zero-order valence-electron chi connectivity index (χ0n) is 4.65. The van der Waals surface area contributed by atoms with Crippen LogP contribution in [0.5, 0.6) is 0 Å². The van der Waals surface area contributed by atoms with Gasteiger partial charge >= 0.3 is 0 Å². The van der Waals surface area contributed by atoms with E-state index in [9.17, 15) is 0 Å². The van der Waals surface area contributed by atoms with Crippen molar-refractivity contribution in [2.24, 2.45) is 4.99 Å². The first kappa shape index (κ1) is 4.49. The van der Waals surface area contributed by atoms with Crippen molar-refractivity contribution >= 4 is 6.34 Å². The first-order valence-corrected chi connectivity index (χ1v) is 2.60. The summed E-state index contributed by atoms with van der Waals surface area (Å²) in [5.41, 5.74) is 2.84. The van der Waals surface area contributed by atoms with Crippen LogP contribution < -0.4 is 5.43 Å². The molecule has 46 valence electrons. The zero-order valence-corrected chi connectivity index (χ0v) is 4.65. The normalized spacial score (nSPS) is 14.7. The van der Waals surface area contributed by atoms with Crippen LogP contribution in [0.2, 0.25) is 0 Å². The highest BCUT2D eigenvalue weighted by molar-refractivity contribution is 5.64. The molecule has 1 N–H and O–H groups in total. The Kier molecular flexibility index (Phi) is 0.769. The van der Waals surface area contributed by atoms with Crippen LogP contribution in [0.4, 0.5) is 0 Å². The summed E-state index contributed by atoms with van der Waals surface area (Å²) in [6, 6.07) is 0. The Labute approximate surface area is 51.4 Å². The fourth-order valence-corrected chi connectivity index (χ4v) is 0.705. The SMILES string of the molecule is C1=NCc2nncn2N1. The van der Waals surface area contributed by atoms with Crippen molar-refractivity contribution in [2.75, 3.05) is 5.43 Å². The summed E-state index contributed by atoms with van der Waals surface area (Å²) in [6.07, 6.45) is 3.23. The monoisotopic (exact) mass is 123 g/mol. The van der Waals surface area contributed by atoms with Gasteiger partial charge in [-0.05, 0) is 0 Å². The highest BCUT2D eigenvalue weighted by Gasteiger charge is 2.03. The maximum absolute atomic E-state index is 3.93. The summed E-state index contributed by atoms with van der Waals surface area (Å²) in [5.74, 6) is 0.845. The molecule has 0 atom stereocenters. The number of fused-ring (bicyclic) bond motifs is 1. The lowest BCUT2D eigenvalue weighted by Gasteiger charge is -2.06. The Morgan fingerprint density at radius 3 is 3.56 bits per heavy atom. The molecule has 0 saturated carbocycles. The van der Waals surface area contributed by atoms with Gasteiger partial charge in [-0.2, -0.15) is 0 Å². The molecule has 9 heavy (non-hydrogen) atoms. The largest absolute Gasteiger partial charge is 0.281 e. The first-order chi connectivity index (χ1) is 4.47. The highest BCUT2D eigenvalue weighted by Crippen LogP contribution is 1.95. The van der Waals surface area contributed by atoms with Gasteiger partial charge in [-0.3, -0.25) is 10.4 Å². The molecule has 2 rings (SSSR count). The quantitative estimate of drug-likeness (QED) is 0.499. The van der Waals surface area contributed by atoms with E-state index in [1.807, 2.05) is 0 Å². The average molecular weight is 123 g/mol. The lowest BCUT2D eigenvalue weighted by atomic mass is 10.6. The second-order valence-corrected chi connectivity index (χ2v) is 1.72. The van der Waals surface area contributed by atoms with Crippen molar-refractivity contribution in [3.8, 4) is 0 Å². The van der Waals surface area contributed by atoms with Crippen LogP contribution in [0.25, 0.3) is 0 Å². The van der Waals surface area contributed by atoms with Gasteiger partial charge < -0.3 is 0 Å². The number of nitrogens with one attached hydrogen (secondary N) is 1. The Balaban J connectivity index is 2.46.